The quantitative estimate of drug-likeness (QED) is 0.586. The van der Waals surface area contributed by atoms with Crippen LogP contribution >= 0.6 is 23.2 Å². The van der Waals surface area contributed by atoms with Crippen LogP contribution in [0, 0.1) is 5.82 Å². The zero-order valence-electron chi connectivity index (χ0n) is 15.6. The number of hydrogen-bond acceptors (Lipinski definition) is 4. The first-order valence-corrected chi connectivity index (χ1v) is 10.4. The van der Waals surface area contributed by atoms with Crippen molar-refractivity contribution in [2.75, 3.05) is 10.2 Å². The fourth-order valence-electron chi connectivity index (χ4n) is 3.75. The zero-order valence-corrected chi connectivity index (χ0v) is 17.2. The Morgan fingerprint density at radius 1 is 1.00 bits per heavy atom. The molecule has 0 unspecified atom stereocenters. The summed E-state index contributed by atoms with van der Waals surface area (Å²) in [5.41, 5.74) is 3.11. The van der Waals surface area contributed by atoms with E-state index in [1.165, 1.54) is 12.1 Å². The number of alkyl halides is 2. The Morgan fingerprint density at radius 3 is 2.28 bits per heavy atom. The van der Waals surface area contributed by atoms with Crippen LogP contribution in [0.3, 0.4) is 0 Å². The maximum Gasteiger partial charge on any atom is 0.267 e. The van der Waals surface area contributed by atoms with E-state index >= 15 is 0 Å². The summed E-state index contributed by atoms with van der Waals surface area (Å²) in [6, 6.07) is 4.41. The highest BCUT2D eigenvalue weighted by Gasteiger charge is 2.32. The minimum atomic E-state index is -0.603. The molecular formula is C20H20Cl2FN3O3. The Morgan fingerprint density at radius 2 is 1.62 bits per heavy atom. The van der Waals surface area contributed by atoms with Gasteiger partial charge in [-0.2, -0.15) is 5.10 Å². The van der Waals surface area contributed by atoms with E-state index in [4.69, 9.17) is 23.2 Å². The summed E-state index contributed by atoms with van der Waals surface area (Å²) in [4.78, 5) is 36.7. The molecule has 1 aromatic carbocycles. The normalized spacial score (nSPS) is 15.8. The predicted octanol–water partition coefficient (Wildman–Crippen LogP) is 3.45. The minimum Gasteiger partial charge on any atom is -0.274 e. The van der Waals surface area contributed by atoms with E-state index in [1.807, 2.05) is 0 Å². The van der Waals surface area contributed by atoms with Crippen molar-refractivity contribution in [2.45, 2.75) is 44.9 Å². The average Bonchev–Trinajstić information content (AvgIpc) is 3.04. The summed E-state index contributed by atoms with van der Waals surface area (Å²) in [7, 11) is 0. The number of anilines is 1. The van der Waals surface area contributed by atoms with Crippen LogP contribution in [0.4, 0.5) is 10.1 Å². The van der Waals surface area contributed by atoms with Gasteiger partial charge in [-0.1, -0.05) is 6.07 Å². The van der Waals surface area contributed by atoms with Crippen LogP contribution in [-0.4, -0.2) is 27.4 Å². The highest BCUT2D eigenvalue weighted by atomic mass is 35.5. The summed E-state index contributed by atoms with van der Waals surface area (Å²) in [6.45, 7) is 0. The van der Waals surface area contributed by atoms with Crippen molar-refractivity contribution >= 4 is 40.7 Å². The van der Waals surface area contributed by atoms with E-state index in [0.717, 1.165) is 53.0 Å². The Balaban J connectivity index is 0.000000755. The summed E-state index contributed by atoms with van der Waals surface area (Å²) in [5.74, 6) is -1.37. The lowest BCUT2D eigenvalue weighted by atomic mass is 9.90. The third-order valence-corrected chi connectivity index (χ3v) is 5.06. The molecule has 1 N–H and O–H groups in total. The number of hydrogen-bond donors (Lipinski definition) is 1. The van der Waals surface area contributed by atoms with Crippen LogP contribution in [0.25, 0.3) is 0 Å². The van der Waals surface area contributed by atoms with Gasteiger partial charge in [-0.05, 0) is 48.9 Å². The molecule has 2 amide bonds. The van der Waals surface area contributed by atoms with Gasteiger partial charge >= 0.3 is 0 Å². The van der Waals surface area contributed by atoms with Gasteiger partial charge in [-0.15, -0.1) is 23.2 Å². The van der Waals surface area contributed by atoms with Crippen molar-refractivity contribution in [3.63, 3.8) is 0 Å². The second-order valence-electron chi connectivity index (χ2n) is 6.85. The van der Waals surface area contributed by atoms with Gasteiger partial charge in [-0.25, -0.2) is 14.4 Å². The molecule has 0 saturated carbocycles. The van der Waals surface area contributed by atoms with Gasteiger partial charge in [0.05, 0.1) is 16.7 Å². The summed E-state index contributed by atoms with van der Waals surface area (Å²) in [6.07, 6.45) is 4.16. The maximum absolute atomic E-state index is 14.2. The smallest absolute Gasteiger partial charge is 0.267 e. The number of nitrogens with zero attached hydrogens (tertiary/aromatic N) is 2. The number of nitrogens with one attached hydrogen (secondary N) is 1. The number of amides is 2. The van der Waals surface area contributed by atoms with Gasteiger partial charge in [0, 0.05) is 24.8 Å². The second-order valence-corrected chi connectivity index (χ2v) is 7.66. The minimum absolute atomic E-state index is 0.00621. The SMILES string of the molecule is ClCCl.O=C1CCC(=O)N1c1cc(Cc2n[nH]c(=O)c3c2CCCC3)ccc1F. The first-order chi connectivity index (χ1) is 14.0. The molecule has 0 bridgehead atoms. The molecular weight excluding hydrogens is 420 g/mol. The molecule has 0 spiro atoms. The van der Waals surface area contributed by atoms with E-state index in [0.29, 0.717) is 6.42 Å². The van der Waals surface area contributed by atoms with Gasteiger partial charge in [0.1, 0.15) is 5.82 Å². The van der Waals surface area contributed by atoms with Gasteiger partial charge in [0.25, 0.3) is 5.56 Å². The lowest BCUT2D eigenvalue weighted by Crippen LogP contribution is -2.29. The topological polar surface area (TPSA) is 83.1 Å². The lowest BCUT2D eigenvalue weighted by Gasteiger charge is -2.18. The van der Waals surface area contributed by atoms with Crippen molar-refractivity contribution < 1.29 is 14.0 Å². The van der Waals surface area contributed by atoms with E-state index in [1.54, 1.807) is 6.07 Å². The van der Waals surface area contributed by atoms with Crippen molar-refractivity contribution in [3.05, 3.63) is 56.8 Å². The first kappa shape index (κ1) is 21.5. The molecule has 29 heavy (non-hydrogen) atoms. The van der Waals surface area contributed by atoms with E-state index in [2.05, 4.69) is 10.2 Å². The fourth-order valence-corrected chi connectivity index (χ4v) is 3.75. The molecule has 1 aliphatic carbocycles. The van der Waals surface area contributed by atoms with Crippen molar-refractivity contribution in [2.24, 2.45) is 0 Å². The number of rotatable bonds is 3. The molecule has 0 atom stereocenters. The van der Waals surface area contributed by atoms with Crippen LogP contribution in [-0.2, 0) is 28.9 Å². The molecule has 0 radical (unpaired) electrons. The van der Waals surface area contributed by atoms with Gasteiger partial charge < -0.3 is 0 Å². The molecule has 9 heteroatoms. The highest BCUT2D eigenvalue weighted by Crippen LogP contribution is 2.28. The predicted molar refractivity (Wildman–Crippen MR) is 109 cm³/mol. The molecule has 4 rings (SSSR count). The third-order valence-electron chi connectivity index (χ3n) is 5.06. The molecule has 2 heterocycles. The number of carbonyl (C=O) groups is 2. The van der Waals surface area contributed by atoms with Gasteiger partial charge in [-0.3, -0.25) is 14.4 Å². The number of benzene rings is 1. The molecule has 2 aliphatic rings. The van der Waals surface area contributed by atoms with Crippen LogP contribution in [0.2, 0.25) is 0 Å². The number of carbonyl (C=O) groups excluding carboxylic acids is 2. The molecule has 2 aromatic rings. The monoisotopic (exact) mass is 439 g/mol. The summed E-state index contributed by atoms with van der Waals surface area (Å²) < 4.78 is 14.2. The third kappa shape index (κ3) is 4.67. The molecule has 1 saturated heterocycles. The molecule has 1 fully saturated rings. The van der Waals surface area contributed by atoms with Gasteiger partial charge in [0.2, 0.25) is 11.8 Å². The van der Waals surface area contributed by atoms with E-state index < -0.39 is 5.82 Å². The first-order valence-electron chi connectivity index (χ1n) is 9.31. The summed E-state index contributed by atoms with van der Waals surface area (Å²) >= 11 is 9.53. The average molecular weight is 440 g/mol. The van der Waals surface area contributed by atoms with Crippen molar-refractivity contribution in [1.82, 2.24) is 10.2 Å². The number of imide groups is 1. The Kier molecular flexibility index (Phi) is 7.03. The zero-order chi connectivity index (χ0) is 21.0. The number of halogens is 3. The molecule has 154 valence electrons. The molecule has 6 nitrogen and oxygen atoms in total. The van der Waals surface area contributed by atoms with E-state index in [-0.39, 0.29) is 41.2 Å². The Hall–Kier alpha value is -2.25. The largest absolute Gasteiger partial charge is 0.274 e. The highest BCUT2D eigenvalue weighted by molar-refractivity contribution is 6.40. The Labute approximate surface area is 177 Å². The van der Waals surface area contributed by atoms with Crippen LogP contribution < -0.4 is 10.5 Å². The fraction of sp³-hybridized carbons (Fsp3) is 0.400. The maximum atomic E-state index is 14.2. The number of aromatic amines is 1. The molecule has 1 aliphatic heterocycles. The van der Waals surface area contributed by atoms with Crippen LogP contribution in [0.1, 0.15) is 48.1 Å². The summed E-state index contributed by atoms with van der Waals surface area (Å²) in [5, 5.41) is 6.93. The van der Waals surface area contributed by atoms with Crippen molar-refractivity contribution in [3.8, 4) is 0 Å². The van der Waals surface area contributed by atoms with Crippen molar-refractivity contribution in [1.29, 1.82) is 0 Å². The molecule has 1 aromatic heterocycles. The van der Waals surface area contributed by atoms with Crippen LogP contribution in [0.15, 0.2) is 23.0 Å². The number of aromatic nitrogens is 2. The second kappa shape index (κ2) is 9.50. The number of H-pyrrole nitrogens is 1. The van der Waals surface area contributed by atoms with Crippen LogP contribution in [0.5, 0.6) is 0 Å². The van der Waals surface area contributed by atoms with E-state index in [9.17, 15) is 18.8 Å². The Bertz CT molecular complexity index is 977. The lowest BCUT2D eigenvalue weighted by molar-refractivity contribution is -0.121. The number of fused-ring (bicyclic) bond motifs is 1. The van der Waals surface area contributed by atoms with Gasteiger partial charge in [0.15, 0.2) is 0 Å². The standard InChI is InChI=1S/C19H18FN3O3.CH2Cl2/c20-14-6-5-11(10-16(14)23-17(24)7-8-18(23)25)9-15-12-3-1-2-4-13(12)19(26)22-21-15;2-1-3/h5-6,10H,1-4,7-9H2,(H,22,26);1H2.